The van der Waals surface area contributed by atoms with Crippen LogP contribution in [-0.2, 0) is 6.54 Å². The molecule has 0 atom stereocenters. The second-order valence-electron chi connectivity index (χ2n) is 6.03. The Labute approximate surface area is 145 Å². The maximum atomic E-state index is 12.7. The van der Waals surface area contributed by atoms with Gasteiger partial charge in [0.2, 0.25) is 0 Å². The minimum absolute atomic E-state index is 0.0475. The molecule has 1 heterocycles. The third-order valence-corrected chi connectivity index (χ3v) is 3.92. The molecule has 4 nitrogen and oxygen atoms in total. The number of pyridine rings is 1. The van der Waals surface area contributed by atoms with Gasteiger partial charge in [-0.25, -0.2) is 0 Å². The summed E-state index contributed by atoms with van der Waals surface area (Å²) in [5.41, 5.74) is 2.69. The monoisotopic (exact) mass is 325 g/mol. The number of nitrogens with zero attached hydrogens (tertiary/aromatic N) is 3. The molecule has 24 heavy (non-hydrogen) atoms. The zero-order chi connectivity index (χ0) is 17.4. The van der Waals surface area contributed by atoms with Crippen molar-refractivity contribution in [2.75, 3.05) is 25.0 Å². The minimum atomic E-state index is -0.0475. The summed E-state index contributed by atoms with van der Waals surface area (Å²) in [4.78, 5) is 21.0. The van der Waals surface area contributed by atoms with Gasteiger partial charge in [0.05, 0.1) is 0 Å². The molecule has 2 aromatic rings. The van der Waals surface area contributed by atoms with Crippen molar-refractivity contribution in [2.45, 2.75) is 33.2 Å². The van der Waals surface area contributed by atoms with Crippen molar-refractivity contribution in [2.24, 2.45) is 0 Å². The Morgan fingerprint density at radius 1 is 1.04 bits per heavy atom. The van der Waals surface area contributed by atoms with Crippen LogP contribution in [0.2, 0.25) is 0 Å². The molecule has 128 valence electrons. The van der Waals surface area contributed by atoms with Gasteiger partial charge >= 0.3 is 0 Å². The molecule has 0 bridgehead atoms. The summed E-state index contributed by atoms with van der Waals surface area (Å²) in [6.07, 6.45) is 3.90. The van der Waals surface area contributed by atoms with Gasteiger partial charge in [0.15, 0.2) is 0 Å². The molecular weight excluding hydrogens is 298 g/mol. The van der Waals surface area contributed by atoms with Crippen LogP contribution >= 0.6 is 0 Å². The lowest BCUT2D eigenvalue weighted by molar-refractivity contribution is 0.0779. The summed E-state index contributed by atoms with van der Waals surface area (Å²) in [6.45, 7) is 6.91. The Balaban J connectivity index is 2.13. The maximum Gasteiger partial charge on any atom is 0.272 e. The first-order chi connectivity index (χ1) is 11.7. The summed E-state index contributed by atoms with van der Waals surface area (Å²) in [5, 5.41) is 0. The van der Waals surface area contributed by atoms with Crippen molar-refractivity contribution in [1.82, 2.24) is 9.88 Å². The van der Waals surface area contributed by atoms with Crippen LogP contribution < -0.4 is 4.90 Å². The van der Waals surface area contributed by atoms with Gasteiger partial charge < -0.3 is 9.80 Å². The number of hydrogen-bond acceptors (Lipinski definition) is 3. The normalized spacial score (nSPS) is 10.5. The molecule has 0 unspecified atom stereocenters. The fourth-order valence-corrected chi connectivity index (χ4v) is 2.77. The van der Waals surface area contributed by atoms with E-state index in [9.17, 15) is 4.79 Å². The third kappa shape index (κ3) is 4.82. The SMILES string of the molecule is CCCN(CCC)c1ccnc(C(=O)N(C)Cc2ccccc2)c1. The van der Waals surface area contributed by atoms with Gasteiger partial charge in [-0.15, -0.1) is 0 Å². The molecule has 1 amide bonds. The summed E-state index contributed by atoms with van der Waals surface area (Å²) in [5.74, 6) is -0.0475. The number of rotatable bonds is 8. The molecule has 0 saturated carbocycles. The highest BCUT2D eigenvalue weighted by molar-refractivity contribution is 5.93. The molecule has 2 rings (SSSR count). The Morgan fingerprint density at radius 2 is 1.71 bits per heavy atom. The van der Waals surface area contributed by atoms with Gasteiger partial charge in [-0.2, -0.15) is 0 Å². The number of carbonyl (C=O) groups is 1. The van der Waals surface area contributed by atoms with Gasteiger partial charge in [-0.05, 0) is 30.5 Å². The van der Waals surface area contributed by atoms with Crippen molar-refractivity contribution in [3.8, 4) is 0 Å². The van der Waals surface area contributed by atoms with Gasteiger partial charge in [-0.1, -0.05) is 44.2 Å². The molecule has 0 aliphatic rings. The topological polar surface area (TPSA) is 36.4 Å². The highest BCUT2D eigenvalue weighted by atomic mass is 16.2. The molecule has 0 fully saturated rings. The minimum Gasteiger partial charge on any atom is -0.371 e. The molecular formula is C20H27N3O. The smallest absolute Gasteiger partial charge is 0.272 e. The second-order valence-corrected chi connectivity index (χ2v) is 6.03. The molecule has 0 aliphatic carbocycles. The van der Waals surface area contributed by atoms with Crippen LogP contribution in [0.1, 0.15) is 42.7 Å². The lowest BCUT2D eigenvalue weighted by Crippen LogP contribution is -2.28. The number of amides is 1. The van der Waals surface area contributed by atoms with E-state index in [4.69, 9.17) is 0 Å². The van der Waals surface area contributed by atoms with Crippen molar-refractivity contribution < 1.29 is 4.79 Å². The zero-order valence-electron chi connectivity index (χ0n) is 14.9. The van der Waals surface area contributed by atoms with E-state index in [1.807, 2.05) is 49.5 Å². The van der Waals surface area contributed by atoms with E-state index in [1.165, 1.54) is 0 Å². The van der Waals surface area contributed by atoms with Gasteiger partial charge in [0, 0.05) is 38.6 Å². The van der Waals surface area contributed by atoms with Crippen LogP contribution in [0.25, 0.3) is 0 Å². The van der Waals surface area contributed by atoms with Gasteiger partial charge in [0.1, 0.15) is 5.69 Å². The molecule has 4 heteroatoms. The summed E-state index contributed by atoms with van der Waals surface area (Å²) >= 11 is 0. The fraction of sp³-hybridized carbons (Fsp3) is 0.400. The largest absolute Gasteiger partial charge is 0.371 e. The van der Waals surface area contributed by atoms with E-state index >= 15 is 0 Å². The lowest BCUT2D eigenvalue weighted by atomic mass is 10.2. The highest BCUT2D eigenvalue weighted by Crippen LogP contribution is 2.17. The van der Waals surface area contributed by atoms with Crippen LogP contribution in [-0.4, -0.2) is 35.9 Å². The number of anilines is 1. The Morgan fingerprint density at radius 3 is 2.33 bits per heavy atom. The zero-order valence-corrected chi connectivity index (χ0v) is 14.9. The van der Waals surface area contributed by atoms with Crippen LogP contribution in [0.3, 0.4) is 0 Å². The standard InChI is InChI=1S/C20H27N3O/c1-4-13-23(14-5-2)18-11-12-21-19(15-18)20(24)22(3)16-17-9-7-6-8-10-17/h6-12,15H,4-5,13-14,16H2,1-3H3. The van der Waals surface area contributed by atoms with E-state index in [1.54, 1.807) is 11.1 Å². The highest BCUT2D eigenvalue weighted by Gasteiger charge is 2.15. The van der Waals surface area contributed by atoms with Crippen LogP contribution in [0.5, 0.6) is 0 Å². The Kier molecular flexibility index (Phi) is 6.79. The van der Waals surface area contributed by atoms with Crippen molar-refractivity contribution in [1.29, 1.82) is 0 Å². The number of aromatic nitrogens is 1. The first kappa shape index (κ1) is 18.0. The molecule has 0 aliphatic heterocycles. The summed E-state index contributed by atoms with van der Waals surface area (Å²) < 4.78 is 0. The summed E-state index contributed by atoms with van der Waals surface area (Å²) in [6, 6.07) is 13.9. The van der Waals surface area contributed by atoms with Crippen molar-refractivity contribution in [3.05, 3.63) is 59.9 Å². The number of benzene rings is 1. The molecule has 1 aromatic heterocycles. The molecule has 0 spiro atoms. The van der Waals surface area contributed by atoms with E-state index in [0.29, 0.717) is 12.2 Å². The second kappa shape index (κ2) is 9.06. The van der Waals surface area contributed by atoms with E-state index < -0.39 is 0 Å². The predicted octanol–water partition coefficient (Wildman–Crippen LogP) is 3.98. The van der Waals surface area contributed by atoms with Crippen LogP contribution in [0.4, 0.5) is 5.69 Å². The summed E-state index contributed by atoms with van der Waals surface area (Å²) in [7, 11) is 1.82. The quantitative estimate of drug-likeness (QED) is 0.736. The van der Waals surface area contributed by atoms with E-state index in [0.717, 1.165) is 37.2 Å². The first-order valence-corrected chi connectivity index (χ1v) is 8.66. The van der Waals surface area contributed by atoms with Gasteiger partial charge in [0.25, 0.3) is 5.91 Å². The molecule has 0 N–H and O–H groups in total. The third-order valence-electron chi connectivity index (χ3n) is 3.92. The molecule has 0 radical (unpaired) electrons. The average molecular weight is 325 g/mol. The van der Waals surface area contributed by atoms with E-state index in [-0.39, 0.29) is 5.91 Å². The predicted molar refractivity (Wildman–Crippen MR) is 99.3 cm³/mol. The molecule has 0 saturated heterocycles. The fourth-order valence-electron chi connectivity index (χ4n) is 2.77. The Bertz CT molecular complexity index is 636. The first-order valence-electron chi connectivity index (χ1n) is 8.66. The van der Waals surface area contributed by atoms with E-state index in [2.05, 4.69) is 23.7 Å². The van der Waals surface area contributed by atoms with Gasteiger partial charge in [-0.3, -0.25) is 9.78 Å². The number of hydrogen-bond donors (Lipinski definition) is 0. The van der Waals surface area contributed by atoms with Crippen LogP contribution in [0.15, 0.2) is 48.7 Å². The molecule has 1 aromatic carbocycles. The Hall–Kier alpha value is -2.36. The maximum absolute atomic E-state index is 12.7. The van der Waals surface area contributed by atoms with Crippen molar-refractivity contribution in [3.63, 3.8) is 0 Å². The number of carbonyl (C=O) groups excluding carboxylic acids is 1. The lowest BCUT2D eigenvalue weighted by Gasteiger charge is -2.24. The van der Waals surface area contributed by atoms with Crippen LogP contribution in [0, 0.1) is 0 Å². The average Bonchev–Trinajstić information content (AvgIpc) is 2.62. The van der Waals surface area contributed by atoms with Crippen molar-refractivity contribution >= 4 is 11.6 Å².